The highest BCUT2D eigenvalue weighted by molar-refractivity contribution is 5.80. The van der Waals surface area contributed by atoms with E-state index in [0.717, 1.165) is 38.5 Å². The zero-order valence-corrected chi connectivity index (χ0v) is 11.8. The summed E-state index contributed by atoms with van der Waals surface area (Å²) in [5.41, 5.74) is 0. The Kier molecular flexibility index (Phi) is 3.69. The van der Waals surface area contributed by atoms with E-state index in [9.17, 15) is 9.90 Å². The maximum absolute atomic E-state index is 12.8. The van der Waals surface area contributed by atoms with Crippen LogP contribution >= 0.6 is 0 Å². The van der Waals surface area contributed by atoms with Gasteiger partial charge in [-0.25, -0.2) is 4.68 Å². The molecule has 20 heavy (non-hydrogen) atoms. The zero-order chi connectivity index (χ0) is 14.1. The van der Waals surface area contributed by atoms with E-state index in [2.05, 4.69) is 15.5 Å². The minimum absolute atomic E-state index is 0.0141. The molecule has 2 atom stereocenters. The van der Waals surface area contributed by atoms with Crippen LogP contribution < -0.4 is 0 Å². The van der Waals surface area contributed by atoms with Crippen molar-refractivity contribution in [1.29, 1.82) is 0 Å². The third kappa shape index (κ3) is 2.19. The predicted octanol–water partition coefficient (Wildman–Crippen LogP) is 0.425. The molecule has 1 N–H and O–H groups in total. The number of amides is 1. The van der Waals surface area contributed by atoms with Gasteiger partial charge >= 0.3 is 0 Å². The highest BCUT2D eigenvalue weighted by Gasteiger charge is 2.42. The average Bonchev–Trinajstić information content (AvgIpc) is 3.17. The van der Waals surface area contributed by atoms with Crippen molar-refractivity contribution >= 4 is 5.91 Å². The molecule has 2 heterocycles. The van der Waals surface area contributed by atoms with Gasteiger partial charge in [-0.3, -0.25) is 4.79 Å². The van der Waals surface area contributed by atoms with Gasteiger partial charge in [-0.05, 0) is 36.1 Å². The van der Waals surface area contributed by atoms with Gasteiger partial charge in [0.1, 0.15) is 0 Å². The number of tetrazole rings is 1. The second kappa shape index (κ2) is 5.47. The highest BCUT2D eigenvalue weighted by atomic mass is 16.3. The first kappa shape index (κ1) is 13.5. The number of rotatable bonds is 3. The Morgan fingerprint density at radius 3 is 2.65 bits per heavy atom. The summed E-state index contributed by atoms with van der Waals surface area (Å²) in [6.07, 6.45) is 5.83. The monoisotopic (exact) mass is 279 g/mol. The minimum atomic E-state index is -0.0970. The van der Waals surface area contributed by atoms with Crippen LogP contribution in [0.1, 0.15) is 50.4 Å². The van der Waals surface area contributed by atoms with E-state index >= 15 is 0 Å². The summed E-state index contributed by atoms with van der Waals surface area (Å²) in [4.78, 5) is 14.6. The lowest BCUT2D eigenvalue weighted by atomic mass is 10.1. The van der Waals surface area contributed by atoms with Crippen LogP contribution in [0, 0.1) is 5.92 Å². The summed E-state index contributed by atoms with van der Waals surface area (Å²) < 4.78 is 1.62. The number of aromatic nitrogens is 4. The van der Waals surface area contributed by atoms with Crippen molar-refractivity contribution in [3.8, 4) is 0 Å². The molecule has 3 rings (SSSR count). The van der Waals surface area contributed by atoms with E-state index in [4.69, 9.17) is 0 Å². The molecule has 1 aromatic rings. The van der Waals surface area contributed by atoms with Crippen LogP contribution in [-0.2, 0) is 11.8 Å². The molecule has 110 valence electrons. The predicted molar refractivity (Wildman–Crippen MR) is 70.5 cm³/mol. The molecular formula is C13H21N5O2. The van der Waals surface area contributed by atoms with E-state index in [1.807, 2.05) is 4.90 Å². The van der Waals surface area contributed by atoms with Gasteiger partial charge in [-0.1, -0.05) is 12.8 Å². The fraction of sp³-hybridized carbons (Fsp3) is 0.846. The topological polar surface area (TPSA) is 84.1 Å². The average molecular weight is 279 g/mol. The van der Waals surface area contributed by atoms with Crippen LogP contribution in [0.4, 0.5) is 0 Å². The number of carbonyl (C=O) groups excluding carboxylic acids is 1. The van der Waals surface area contributed by atoms with Gasteiger partial charge in [0.25, 0.3) is 0 Å². The molecule has 1 aliphatic heterocycles. The first-order valence-corrected chi connectivity index (χ1v) is 7.37. The van der Waals surface area contributed by atoms with E-state index in [-0.39, 0.29) is 30.5 Å². The SMILES string of the molecule is Cn1nnnc1[C@H]1CC[C@@H](CO)N1C(=O)C1CCCC1. The number of aliphatic hydroxyl groups is 1. The fourth-order valence-electron chi connectivity index (χ4n) is 3.55. The summed E-state index contributed by atoms with van der Waals surface area (Å²) in [5.74, 6) is 1.00. The quantitative estimate of drug-likeness (QED) is 0.867. The Morgan fingerprint density at radius 1 is 1.30 bits per heavy atom. The summed E-state index contributed by atoms with van der Waals surface area (Å²) in [6.45, 7) is 0.0141. The van der Waals surface area contributed by atoms with Crippen molar-refractivity contribution in [2.45, 2.75) is 50.6 Å². The van der Waals surface area contributed by atoms with Crippen molar-refractivity contribution in [3.05, 3.63) is 5.82 Å². The van der Waals surface area contributed by atoms with Crippen molar-refractivity contribution in [1.82, 2.24) is 25.1 Å². The van der Waals surface area contributed by atoms with Gasteiger partial charge in [0.2, 0.25) is 5.91 Å². The number of hydrogen-bond donors (Lipinski definition) is 1. The Morgan fingerprint density at radius 2 is 2.05 bits per heavy atom. The highest BCUT2D eigenvalue weighted by Crippen LogP contribution is 2.38. The summed E-state index contributed by atoms with van der Waals surface area (Å²) in [5, 5.41) is 21.1. The van der Waals surface area contributed by atoms with Crippen LogP contribution in [0.5, 0.6) is 0 Å². The molecule has 2 aliphatic rings. The smallest absolute Gasteiger partial charge is 0.226 e. The zero-order valence-electron chi connectivity index (χ0n) is 11.8. The Hall–Kier alpha value is -1.50. The van der Waals surface area contributed by atoms with Crippen LogP contribution in [-0.4, -0.2) is 48.8 Å². The summed E-state index contributed by atoms with van der Waals surface area (Å²) in [6, 6.07) is -0.190. The normalized spacial score (nSPS) is 27.4. The lowest BCUT2D eigenvalue weighted by Crippen LogP contribution is -2.42. The number of carbonyl (C=O) groups is 1. The molecule has 0 aromatic carbocycles. The molecule has 1 aromatic heterocycles. The van der Waals surface area contributed by atoms with E-state index in [0.29, 0.717) is 5.82 Å². The van der Waals surface area contributed by atoms with Gasteiger partial charge in [-0.2, -0.15) is 0 Å². The van der Waals surface area contributed by atoms with Gasteiger partial charge in [0.05, 0.1) is 18.7 Å². The largest absolute Gasteiger partial charge is 0.394 e. The summed E-state index contributed by atoms with van der Waals surface area (Å²) >= 11 is 0. The van der Waals surface area contributed by atoms with Crippen LogP contribution in [0.3, 0.4) is 0 Å². The van der Waals surface area contributed by atoms with Crippen molar-refractivity contribution in [3.63, 3.8) is 0 Å². The number of aryl methyl sites for hydroxylation is 1. The minimum Gasteiger partial charge on any atom is -0.394 e. The molecule has 0 unspecified atom stereocenters. The molecule has 0 spiro atoms. The Bertz CT molecular complexity index is 483. The summed E-state index contributed by atoms with van der Waals surface area (Å²) in [7, 11) is 1.79. The lowest BCUT2D eigenvalue weighted by Gasteiger charge is -2.31. The first-order valence-electron chi connectivity index (χ1n) is 7.37. The molecular weight excluding hydrogens is 258 g/mol. The molecule has 7 heteroatoms. The lowest BCUT2D eigenvalue weighted by molar-refractivity contribution is -0.139. The van der Waals surface area contributed by atoms with Gasteiger partial charge in [-0.15, -0.1) is 5.10 Å². The standard InChI is InChI=1S/C13H21N5O2/c1-17-12(14-15-16-17)11-7-6-10(8-19)18(11)13(20)9-4-2-3-5-9/h9-11,19H,2-8H2,1H3/t10-,11+/m0/s1. The molecule has 2 fully saturated rings. The number of aliphatic hydroxyl groups excluding tert-OH is 1. The number of nitrogens with zero attached hydrogens (tertiary/aromatic N) is 5. The van der Waals surface area contributed by atoms with Gasteiger partial charge < -0.3 is 10.0 Å². The van der Waals surface area contributed by atoms with E-state index in [1.54, 1.807) is 11.7 Å². The van der Waals surface area contributed by atoms with Gasteiger partial charge in [0, 0.05) is 13.0 Å². The molecule has 0 radical (unpaired) electrons. The van der Waals surface area contributed by atoms with Crippen molar-refractivity contribution < 1.29 is 9.90 Å². The third-order valence-electron chi connectivity index (χ3n) is 4.62. The van der Waals surface area contributed by atoms with Gasteiger partial charge in [0.15, 0.2) is 5.82 Å². The van der Waals surface area contributed by atoms with Crippen LogP contribution in [0.25, 0.3) is 0 Å². The van der Waals surface area contributed by atoms with Crippen molar-refractivity contribution in [2.24, 2.45) is 13.0 Å². The second-order valence-corrected chi connectivity index (χ2v) is 5.82. The maximum Gasteiger partial charge on any atom is 0.226 e. The molecule has 1 saturated carbocycles. The molecule has 1 amide bonds. The molecule has 1 saturated heterocycles. The van der Waals surface area contributed by atoms with Crippen molar-refractivity contribution in [2.75, 3.05) is 6.61 Å². The molecule has 1 aliphatic carbocycles. The number of hydrogen-bond acceptors (Lipinski definition) is 5. The molecule has 0 bridgehead atoms. The Labute approximate surface area is 117 Å². The Balaban J connectivity index is 1.86. The van der Waals surface area contributed by atoms with Crippen LogP contribution in [0.2, 0.25) is 0 Å². The molecule has 7 nitrogen and oxygen atoms in total. The fourth-order valence-corrected chi connectivity index (χ4v) is 3.55. The second-order valence-electron chi connectivity index (χ2n) is 5.82. The van der Waals surface area contributed by atoms with Crippen LogP contribution in [0.15, 0.2) is 0 Å². The first-order chi connectivity index (χ1) is 9.72. The number of likely N-dealkylation sites (tertiary alicyclic amines) is 1. The van der Waals surface area contributed by atoms with E-state index < -0.39 is 0 Å². The van der Waals surface area contributed by atoms with E-state index in [1.165, 1.54) is 0 Å². The third-order valence-corrected chi connectivity index (χ3v) is 4.62. The maximum atomic E-state index is 12.8.